The summed E-state index contributed by atoms with van der Waals surface area (Å²) in [5, 5.41) is 10.6. The minimum absolute atomic E-state index is 0.00578. The first-order chi connectivity index (χ1) is 11.8. The summed E-state index contributed by atoms with van der Waals surface area (Å²) in [6.07, 6.45) is 2.07. The largest absolute Gasteiger partial charge is 0.484 e. The van der Waals surface area contributed by atoms with Crippen molar-refractivity contribution in [3.8, 4) is 5.75 Å². The van der Waals surface area contributed by atoms with Crippen LogP contribution < -0.4 is 4.74 Å². The zero-order valence-electron chi connectivity index (χ0n) is 13.3. The quantitative estimate of drug-likeness (QED) is 0.550. The molecule has 1 saturated heterocycles. The van der Waals surface area contributed by atoms with Crippen LogP contribution >= 0.6 is 0 Å². The number of amides is 1. The molecule has 1 aromatic carbocycles. The van der Waals surface area contributed by atoms with Crippen LogP contribution in [-0.2, 0) is 14.6 Å². The van der Waals surface area contributed by atoms with Crippen molar-refractivity contribution in [2.45, 2.75) is 31.3 Å². The molecule has 1 unspecified atom stereocenters. The van der Waals surface area contributed by atoms with Crippen LogP contribution in [0, 0.1) is 15.9 Å². The van der Waals surface area contributed by atoms with Crippen molar-refractivity contribution in [2.75, 3.05) is 18.1 Å². The predicted molar refractivity (Wildman–Crippen MR) is 85.5 cm³/mol. The molecular formula is C15H17FN2O6S. The first-order valence-electron chi connectivity index (χ1n) is 7.85. The summed E-state index contributed by atoms with van der Waals surface area (Å²) in [5.74, 6) is -1.37. The number of nitro groups is 1. The number of carbonyl (C=O) groups excluding carboxylic acids is 1. The van der Waals surface area contributed by atoms with E-state index >= 15 is 0 Å². The molecule has 1 aromatic rings. The Bertz CT molecular complexity index is 808. The summed E-state index contributed by atoms with van der Waals surface area (Å²) in [4.78, 5) is 23.8. The number of ether oxygens (including phenoxy) is 1. The average Bonchev–Trinajstić information content (AvgIpc) is 3.29. The van der Waals surface area contributed by atoms with Crippen LogP contribution in [0.25, 0.3) is 0 Å². The van der Waals surface area contributed by atoms with Gasteiger partial charge in [0, 0.05) is 24.2 Å². The van der Waals surface area contributed by atoms with Gasteiger partial charge in [-0.05, 0) is 25.3 Å². The van der Waals surface area contributed by atoms with E-state index in [4.69, 9.17) is 4.74 Å². The molecule has 1 saturated carbocycles. The lowest BCUT2D eigenvalue weighted by Gasteiger charge is -2.28. The van der Waals surface area contributed by atoms with E-state index < -0.39 is 26.3 Å². The van der Waals surface area contributed by atoms with E-state index in [-0.39, 0.29) is 41.9 Å². The Labute approximate surface area is 143 Å². The maximum absolute atomic E-state index is 13.6. The second-order valence-electron chi connectivity index (χ2n) is 6.25. The van der Waals surface area contributed by atoms with Crippen LogP contribution in [0.4, 0.5) is 10.1 Å². The molecule has 3 rings (SSSR count). The molecule has 25 heavy (non-hydrogen) atoms. The van der Waals surface area contributed by atoms with Crippen molar-refractivity contribution in [2.24, 2.45) is 0 Å². The van der Waals surface area contributed by atoms with Crippen LogP contribution in [-0.4, -0.2) is 54.3 Å². The van der Waals surface area contributed by atoms with Gasteiger partial charge in [0.2, 0.25) is 5.82 Å². The molecule has 2 aliphatic rings. The highest BCUT2D eigenvalue weighted by Gasteiger charge is 2.42. The Morgan fingerprint density at radius 1 is 1.32 bits per heavy atom. The lowest BCUT2D eigenvalue weighted by molar-refractivity contribution is -0.387. The summed E-state index contributed by atoms with van der Waals surface area (Å²) < 4.78 is 42.1. The monoisotopic (exact) mass is 372 g/mol. The van der Waals surface area contributed by atoms with Crippen LogP contribution in [0.2, 0.25) is 0 Å². The van der Waals surface area contributed by atoms with Gasteiger partial charge in [-0.1, -0.05) is 0 Å². The molecule has 2 fully saturated rings. The van der Waals surface area contributed by atoms with Gasteiger partial charge in [0.05, 0.1) is 16.4 Å². The Morgan fingerprint density at radius 3 is 2.56 bits per heavy atom. The second-order valence-corrected chi connectivity index (χ2v) is 8.48. The molecular weight excluding hydrogens is 355 g/mol. The molecule has 1 atom stereocenters. The SMILES string of the molecule is O=C(COc1ccc([N+](=O)[O-])c(F)c1)N(C1CC1)C1CCS(=O)(=O)C1. The lowest BCUT2D eigenvalue weighted by Crippen LogP contribution is -2.45. The highest BCUT2D eigenvalue weighted by molar-refractivity contribution is 7.91. The van der Waals surface area contributed by atoms with E-state index in [2.05, 4.69) is 0 Å². The zero-order valence-corrected chi connectivity index (χ0v) is 14.1. The molecule has 0 bridgehead atoms. The number of carbonyl (C=O) groups is 1. The molecule has 1 aliphatic heterocycles. The fourth-order valence-corrected chi connectivity index (χ4v) is 4.71. The summed E-state index contributed by atoms with van der Waals surface area (Å²) >= 11 is 0. The second kappa shape index (κ2) is 6.58. The van der Waals surface area contributed by atoms with Crippen molar-refractivity contribution in [1.29, 1.82) is 0 Å². The summed E-state index contributed by atoms with van der Waals surface area (Å²) in [6.45, 7) is -0.371. The molecule has 10 heteroatoms. The van der Waals surface area contributed by atoms with Crippen molar-refractivity contribution in [1.82, 2.24) is 4.90 Å². The molecule has 1 amide bonds. The minimum atomic E-state index is -3.11. The highest BCUT2D eigenvalue weighted by Crippen LogP contribution is 2.32. The zero-order chi connectivity index (χ0) is 18.2. The first-order valence-corrected chi connectivity index (χ1v) is 9.67. The van der Waals surface area contributed by atoms with E-state index in [1.807, 2.05) is 0 Å². The maximum Gasteiger partial charge on any atom is 0.305 e. The van der Waals surface area contributed by atoms with Crippen molar-refractivity contribution in [3.05, 3.63) is 34.1 Å². The Hall–Kier alpha value is -2.23. The third-order valence-electron chi connectivity index (χ3n) is 4.31. The molecule has 0 N–H and O–H groups in total. The number of benzene rings is 1. The summed E-state index contributed by atoms with van der Waals surface area (Å²) in [7, 11) is -3.11. The van der Waals surface area contributed by atoms with Crippen LogP contribution in [0.1, 0.15) is 19.3 Å². The van der Waals surface area contributed by atoms with Crippen molar-refractivity contribution >= 4 is 21.4 Å². The minimum Gasteiger partial charge on any atom is -0.484 e. The average molecular weight is 372 g/mol. The fourth-order valence-electron chi connectivity index (χ4n) is 3.00. The molecule has 0 spiro atoms. The van der Waals surface area contributed by atoms with Gasteiger partial charge in [-0.15, -0.1) is 0 Å². The molecule has 136 valence electrons. The maximum atomic E-state index is 13.6. The van der Waals surface area contributed by atoms with E-state index in [1.165, 1.54) is 6.07 Å². The highest BCUT2D eigenvalue weighted by atomic mass is 32.2. The standard InChI is InChI=1S/C15H17FN2O6S/c16-13-7-12(3-4-14(13)18(20)21)24-8-15(19)17(10-1-2-10)11-5-6-25(22,23)9-11/h3-4,7,10-11H,1-2,5-6,8-9H2. The van der Waals surface area contributed by atoms with Crippen molar-refractivity contribution < 1.29 is 27.3 Å². The summed E-state index contributed by atoms with van der Waals surface area (Å²) in [6, 6.07) is 2.73. The van der Waals surface area contributed by atoms with Gasteiger partial charge in [-0.2, -0.15) is 4.39 Å². The molecule has 0 radical (unpaired) electrons. The fraction of sp³-hybridized carbons (Fsp3) is 0.533. The van der Waals surface area contributed by atoms with Gasteiger partial charge in [0.1, 0.15) is 5.75 Å². The Morgan fingerprint density at radius 2 is 2.04 bits per heavy atom. The number of nitro benzene ring substituents is 1. The van der Waals surface area contributed by atoms with E-state index in [0.717, 1.165) is 25.0 Å². The van der Waals surface area contributed by atoms with Gasteiger partial charge in [0.15, 0.2) is 16.4 Å². The smallest absolute Gasteiger partial charge is 0.305 e. The number of nitrogens with zero attached hydrogens (tertiary/aromatic N) is 2. The van der Waals surface area contributed by atoms with Gasteiger partial charge in [-0.25, -0.2) is 8.42 Å². The normalized spacial score (nSPS) is 21.7. The predicted octanol–water partition coefficient (Wildman–Crippen LogP) is 1.29. The third-order valence-corrected chi connectivity index (χ3v) is 6.06. The van der Waals surface area contributed by atoms with E-state index in [9.17, 15) is 27.7 Å². The van der Waals surface area contributed by atoms with Gasteiger partial charge in [-0.3, -0.25) is 14.9 Å². The van der Waals surface area contributed by atoms with Crippen LogP contribution in [0.5, 0.6) is 5.75 Å². The molecule has 1 aliphatic carbocycles. The number of halogens is 1. The number of hydrogen-bond acceptors (Lipinski definition) is 6. The first kappa shape index (κ1) is 17.6. The lowest BCUT2D eigenvalue weighted by atomic mass is 10.2. The van der Waals surface area contributed by atoms with Crippen molar-refractivity contribution in [3.63, 3.8) is 0 Å². The van der Waals surface area contributed by atoms with E-state index in [0.29, 0.717) is 6.42 Å². The van der Waals surface area contributed by atoms with Gasteiger partial charge < -0.3 is 9.64 Å². The molecule has 0 aromatic heterocycles. The summed E-state index contributed by atoms with van der Waals surface area (Å²) in [5.41, 5.74) is -0.672. The molecule has 1 heterocycles. The topological polar surface area (TPSA) is 107 Å². The number of rotatable bonds is 6. The van der Waals surface area contributed by atoms with Gasteiger partial charge in [0.25, 0.3) is 5.91 Å². The Kier molecular flexibility index (Phi) is 4.63. The van der Waals surface area contributed by atoms with Crippen LogP contribution in [0.3, 0.4) is 0 Å². The van der Waals surface area contributed by atoms with Crippen LogP contribution in [0.15, 0.2) is 18.2 Å². The van der Waals surface area contributed by atoms with Gasteiger partial charge >= 0.3 is 5.69 Å². The number of hydrogen-bond donors (Lipinski definition) is 0. The third kappa shape index (κ3) is 4.06. The Balaban J connectivity index is 1.64. The number of sulfone groups is 1. The molecule has 8 nitrogen and oxygen atoms in total. The van der Waals surface area contributed by atoms with E-state index in [1.54, 1.807) is 4.90 Å².